The molecule has 0 aromatic heterocycles. The number of cyclic esters (lactones) is 1. The van der Waals surface area contributed by atoms with E-state index in [0.717, 1.165) is 38.5 Å². The summed E-state index contributed by atoms with van der Waals surface area (Å²) in [6.45, 7) is 8.87. The van der Waals surface area contributed by atoms with E-state index in [1.165, 1.54) is 6.92 Å². The zero-order chi connectivity index (χ0) is 48.6. The Hall–Kier alpha value is -1.70. The monoisotopic (exact) mass is 958 g/mol. The Morgan fingerprint density at radius 2 is 1.19 bits per heavy atom. The van der Waals surface area contributed by atoms with Crippen molar-refractivity contribution in [2.75, 3.05) is 26.4 Å². The van der Waals surface area contributed by atoms with Crippen molar-refractivity contribution in [3.63, 3.8) is 0 Å². The van der Waals surface area contributed by atoms with Crippen LogP contribution in [0.5, 0.6) is 0 Å². The van der Waals surface area contributed by atoms with E-state index in [2.05, 4.69) is 27.7 Å². The summed E-state index contributed by atoms with van der Waals surface area (Å²) in [6.07, 6.45) is -14.2. The van der Waals surface area contributed by atoms with E-state index in [-0.39, 0.29) is 40.6 Å². The minimum absolute atomic E-state index is 0.103. The molecule has 0 radical (unpaired) electrons. The molecule has 11 N–H and O–H groups in total. The third-order valence-electron chi connectivity index (χ3n) is 20.3. The molecule has 20 nitrogen and oxygen atoms in total. The highest BCUT2D eigenvalue weighted by Gasteiger charge is 2.82. The standard InChI is InChI=1S/C47H74O20/c1-41(20-62-38-35(66-37-33(55)29(51)22(18-49)64-37)32(54)30(52)23(65-38)19-61-36-34(56)31(53)28(50)21(17-48)63-36)11-6-12-42(2)24(41)9-13-43(3)25(42)7-8-26-44(43,4)15-16-47(60)27-10-14-46(26,47)40(59)67-45(27,5)39(57)58/h21-38,48-56,60H,6-20H2,1-5H3,(H,57,58)/t21-,22+,23-,24?,25-,26+,27-,28-,29+,30-,31+,32+,33-,34-,35-,36-,37+,38-,41-,42+,43-,44-,45-,46-,47-/m1/s1. The average molecular weight is 959 g/mol. The predicted molar refractivity (Wildman–Crippen MR) is 226 cm³/mol. The number of aliphatic carboxylic acids is 1. The number of esters is 1. The second-order valence-corrected chi connectivity index (χ2v) is 23.1. The van der Waals surface area contributed by atoms with Crippen LogP contribution < -0.4 is 0 Å². The second-order valence-electron chi connectivity index (χ2n) is 23.1. The molecule has 9 aliphatic rings. The van der Waals surface area contributed by atoms with Crippen LogP contribution in [0.25, 0.3) is 0 Å². The second kappa shape index (κ2) is 17.2. The van der Waals surface area contributed by atoms with Crippen LogP contribution in [0.3, 0.4) is 0 Å². The van der Waals surface area contributed by atoms with E-state index < -0.39 is 146 Å². The van der Waals surface area contributed by atoms with E-state index >= 15 is 0 Å². The lowest BCUT2D eigenvalue weighted by Gasteiger charge is -2.74. The third kappa shape index (κ3) is 7.04. The maximum atomic E-state index is 14.4. The molecule has 20 heteroatoms. The molecule has 382 valence electrons. The molecule has 4 aliphatic heterocycles. The Morgan fingerprint density at radius 3 is 1.87 bits per heavy atom. The van der Waals surface area contributed by atoms with Crippen LogP contribution >= 0.6 is 0 Å². The van der Waals surface area contributed by atoms with Crippen LogP contribution in [0.1, 0.15) is 105 Å². The third-order valence-corrected chi connectivity index (χ3v) is 20.3. The summed E-state index contributed by atoms with van der Waals surface area (Å²) in [5, 5.41) is 118. The molecular formula is C47H74O20. The fourth-order valence-corrected chi connectivity index (χ4v) is 16.5. The van der Waals surface area contributed by atoms with Gasteiger partial charge in [-0.3, -0.25) is 4.79 Å². The molecule has 4 saturated heterocycles. The molecule has 9 rings (SSSR count). The number of carboxylic acids is 1. The maximum Gasteiger partial charge on any atom is 0.348 e. The molecule has 9 fully saturated rings. The predicted octanol–water partition coefficient (Wildman–Crippen LogP) is -0.943. The number of aliphatic hydroxyl groups is 10. The van der Waals surface area contributed by atoms with Crippen molar-refractivity contribution in [1.29, 1.82) is 0 Å². The van der Waals surface area contributed by atoms with Gasteiger partial charge in [-0.15, -0.1) is 0 Å². The van der Waals surface area contributed by atoms with Gasteiger partial charge in [-0.1, -0.05) is 34.1 Å². The van der Waals surface area contributed by atoms with Crippen molar-refractivity contribution in [2.45, 2.75) is 202 Å². The van der Waals surface area contributed by atoms with Gasteiger partial charge in [-0.2, -0.15) is 0 Å². The van der Waals surface area contributed by atoms with Gasteiger partial charge in [0.25, 0.3) is 0 Å². The number of hydrogen-bond acceptors (Lipinski definition) is 19. The first-order chi connectivity index (χ1) is 31.4. The molecule has 2 bridgehead atoms. The summed E-state index contributed by atoms with van der Waals surface area (Å²) in [7, 11) is 0. The zero-order valence-electron chi connectivity index (χ0n) is 39.1. The summed E-state index contributed by atoms with van der Waals surface area (Å²) in [5.74, 6) is -2.38. The first kappa shape index (κ1) is 50.2. The molecule has 1 unspecified atom stereocenters. The van der Waals surface area contributed by atoms with E-state index in [1.807, 2.05) is 0 Å². The fourth-order valence-electron chi connectivity index (χ4n) is 16.5. The SMILES string of the molecule is C[C@]1(CO[C@@H]2O[C@H](CO[C@@H]3O[C@H](CO)[C@@H](O)[C@H](O)[C@H]3O)[C@@H](O)[C@H](O)[C@H]2O[C@@H]2O[C@@H](CO)[C@H](O)[C@H]2O)CCC[C@@]2(C)C1CC[C@]1(C)[C@@H]2CC[C@@H]2[C@]34CC[C@H]([C@](C)(C(=O)O)OC3=O)[C@]4(O)CC[C@]21C. The Balaban J connectivity index is 0.952. The normalized spacial score (nSPS) is 57.1. The van der Waals surface area contributed by atoms with Gasteiger partial charge in [-0.25, -0.2) is 4.79 Å². The van der Waals surface area contributed by atoms with Crippen molar-refractivity contribution < 1.29 is 98.9 Å². The first-order valence-corrected chi connectivity index (χ1v) is 24.4. The minimum atomic E-state index is -1.80. The van der Waals surface area contributed by atoms with Crippen LogP contribution in [0.4, 0.5) is 0 Å². The maximum absolute atomic E-state index is 14.4. The number of rotatable bonds is 11. The molecule has 4 heterocycles. The lowest BCUT2D eigenvalue weighted by molar-refractivity contribution is -0.355. The Bertz CT molecular complexity index is 1870. The van der Waals surface area contributed by atoms with Gasteiger partial charge >= 0.3 is 11.9 Å². The van der Waals surface area contributed by atoms with Gasteiger partial charge in [-0.05, 0) is 111 Å². The molecule has 0 aromatic carbocycles. The summed E-state index contributed by atoms with van der Waals surface area (Å²) in [4.78, 5) is 26.9. The van der Waals surface area contributed by atoms with Gasteiger partial charge in [0.2, 0.25) is 5.60 Å². The number of carboxylic acid groups (broad SMARTS) is 1. The lowest BCUT2D eigenvalue weighted by atomic mass is 9.31. The number of carbonyl (C=O) groups excluding carboxylic acids is 1. The smallest absolute Gasteiger partial charge is 0.348 e. The number of fused-ring (bicyclic) bond motifs is 5. The first-order valence-electron chi connectivity index (χ1n) is 24.4. The van der Waals surface area contributed by atoms with Crippen LogP contribution in [-0.4, -0.2) is 192 Å². The van der Waals surface area contributed by atoms with Gasteiger partial charge in [0.15, 0.2) is 18.9 Å². The summed E-state index contributed by atoms with van der Waals surface area (Å²) in [6, 6.07) is 0. The summed E-state index contributed by atoms with van der Waals surface area (Å²) in [5.41, 5.74) is -5.76. The number of carbonyl (C=O) groups is 2. The van der Waals surface area contributed by atoms with E-state index in [9.17, 15) is 65.8 Å². The number of aliphatic hydroxyl groups excluding tert-OH is 9. The number of ether oxygens (including phenoxy) is 7. The summed E-state index contributed by atoms with van der Waals surface area (Å²) < 4.78 is 41.7. The molecule has 5 aliphatic carbocycles. The molecule has 5 saturated carbocycles. The molecule has 0 spiro atoms. The molecule has 67 heavy (non-hydrogen) atoms. The van der Waals surface area contributed by atoms with Crippen molar-refractivity contribution in [3.05, 3.63) is 0 Å². The molecular weight excluding hydrogens is 884 g/mol. The minimum Gasteiger partial charge on any atom is -0.478 e. The van der Waals surface area contributed by atoms with E-state index in [1.54, 1.807) is 0 Å². The fraction of sp³-hybridized carbons (Fsp3) is 0.957. The van der Waals surface area contributed by atoms with E-state index in [0.29, 0.717) is 32.1 Å². The van der Waals surface area contributed by atoms with Crippen LogP contribution in [0.2, 0.25) is 0 Å². The van der Waals surface area contributed by atoms with Crippen molar-refractivity contribution >= 4 is 11.9 Å². The highest BCUT2D eigenvalue weighted by atomic mass is 16.8. The van der Waals surface area contributed by atoms with Gasteiger partial charge in [0.05, 0.1) is 32.0 Å². The molecule has 0 aromatic rings. The van der Waals surface area contributed by atoms with Gasteiger partial charge in [0.1, 0.15) is 72.6 Å². The van der Waals surface area contributed by atoms with Gasteiger partial charge < -0.3 is 89.3 Å². The quantitative estimate of drug-likeness (QED) is 0.111. The van der Waals surface area contributed by atoms with Crippen molar-refractivity contribution in [1.82, 2.24) is 0 Å². The highest BCUT2D eigenvalue weighted by Crippen LogP contribution is 2.80. The van der Waals surface area contributed by atoms with E-state index in [4.69, 9.17) is 33.2 Å². The Kier molecular flexibility index (Phi) is 12.9. The highest BCUT2D eigenvalue weighted by molar-refractivity contribution is 5.89. The van der Waals surface area contributed by atoms with Crippen LogP contribution in [0, 0.1) is 50.7 Å². The summed E-state index contributed by atoms with van der Waals surface area (Å²) >= 11 is 0. The van der Waals surface area contributed by atoms with Gasteiger partial charge in [0, 0.05) is 5.92 Å². The van der Waals surface area contributed by atoms with Crippen LogP contribution in [0.15, 0.2) is 0 Å². The van der Waals surface area contributed by atoms with Crippen molar-refractivity contribution in [2.24, 2.45) is 50.7 Å². The van der Waals surface area contributed by atoms with Crippen molar-refractivity contribution in [3.8, 4) is 0 Å². The topological polar surface area (TPSA) is 321 Å². The zero-order valence-corrected chi connectivity index (χ0v) is 39.1. The molecule has 25 atom stereocenters. The molecule has 0 amide bonds. The average Bonchev–Trinajstić information content (AvgIpc) is 3.71. The Morgan fingerprint density at radius 1 is 0.612 bits per heavy atom. The Labute approximate surface area is 389 Å². The lowest BCUT2D eigenvalue weighted by Crippen LogP contribution is -2.75. The number of hydrogen-bond donors (Lipinski definition) is 11. The largest absolute Gasteiger partial charge is 0.478 e. The van der Waals surface area contributed by atoms with Crippen LogP contribution in [-0.2, 0) is 42.7 Å².